The van der Waals surface area contributed by atoms with Gasteiger partial charge >= 0.3 is 15.2 Å². The Hall–Kier alpha value is -1.67. The van der Waals surface area contributed by atoms with Gasteiger partial charge in [-0.1, -0.05) is 29.8 Å². The van der Waals surface area contributed by atoms with E-state index in [9.17, 15) is 19.3 Å². The van der Waals surface area contributed by atoms with Crippen molar-refractivity contribution in [1.29, 1.82) is 0 Å². The van der Waals surface area contributed by atoms with E-state index >= 15 is 0 Å². The highest BCUT2D eigenvalue weighted by atomic mass is 35.5. The van der Waals surface area contributed by atoms with Crippen LogP contribution in [0.15, 0.2) is 30.5 Å². The van der Waals surface area contributed by atoms with Crippen LogP contribution in [0.25, 0.3) is 11.0 Å². The van der Waals surface area contributed by atoms with Gasteiger partial charge in [0.1, 0.15) is 24.1 Å². The van der Waals surface area contributed by atoms with Crippen LogP contribution in [0.4, 0.5) is 5.82 Å². The number of hydrogen-bond donors (Lipinski definition) is 5. The number of benzene rings is 1. The number of anilines is 1. The van der Waals surface area contributed by atoms with Crippen LogP contribution in [-0.4, -0.2) is 77.7 Å². The van der Waals surface area contributed by atoms with Crippen LogP contribution in [0.1, 0.15) is 11.8 Å². The van der Waals surface area contributed by atoms with Crippen molar-refractivity contribution in [3.05, 3.63) is 46.3 Å². The largest absolute Gasteiger partial charge is 0.387 e. The van der Waals surface area contributed by atoms with Crippen LogP contribution < -0.4 is 5.32 Å². The number of halogens is 2. The summed E-state index contributed by atoms with van der Waals surface area (Å²) in [6.45, 7) is -0.276. The monoisotopic (exact) mass is 597 g/mol. The molecule has 1 aliphatic rings. The smallest absolute Gasteiger partial charge is 0.342 e. The van der Waals surface area contributed by atoms with E-state index in [2.05, 4.69) is 24.9 Å². The van der Waals surface area contributed by atoms with Crippen molar-refractivity contribution in [3.8, 4) is 0 Å². The van der Waals surface area contributed by atoms with E-state index in [4.69, 9.17) is 42.2 Å². The van der Waals surface area contributed by atoms with Gasteiger partial charge in [0.2, 0.25) is 5.28 Å². The van der Waals surface area contributed by atoms with Gasteiger partial charge in [-0.15, -0.1) is 0 Å². The third kappa shape index (κ3) is 6.49. The predicted molar refractivity (Wildman–Crippen MR) is 133 cm³/mol. The normalized spacial score (nSPS) is 23.9. The Balaban J connectivity index is 1.53. The molecule has 18 heteroatoms. The predicted octanol–water partition coefficient (Wildman–Crippen LogP) is 2.36. The first kappa shape index (κ1) is 28.3. The quantitative estimate of drug-likeness (QED) is 0.169. The summed E-state index contributed by atoms with van der Waals surface area (Å²) in [6.07, 6.45) is -4.12. The van der Waals surface area contributed by atoms with Crippen LogP contribution in [-0.2, 0) is 29.5 Å². The molecular formula is C19H23Cl2N5O9P2. The van der Waals surface area contributed by atoms with Crippen LogP contribution in [0.3, 0.4) is 0 Å². The van der Waals surface area contributed by atoms with Crippen LogP contribution in [0.2, 0.25) is 10.3 Å². The highest BCUT2D eigenvalue weighted by Crippen LogP contribution is 2.58. The number of nitrogens with one attached hydrogen (secondary N) is 1. The first-order valence-corrected chi connectivity index (χ1v) is 14.9. The molecule has 0 spiro atoms. The van der Waals surface area contributed by atoms with Crippen molar-refractivity contribution < 1.29 is 42.9 Å². The molecule has 0 saturated carbocycles. The zero-order valence-electron chi connectivity index (χ0n) is 19.1. The van der Waals surface area contributed by atoms with Gasteiger partial charge in [-0.25, -0.2) is 4.68 Å². The van der Waals surface area contributed by atoms with E-state index in [1.165, 1.54) is 10.9 Å². The number of aliphatic hydroxyl groups excluding tert-OH is 2. The molecule has 1 aliphatic heterocycles. The van der Waals surface area contributed by atoms with E-state index in [1.807, 2.05) is 12.1 Å². The summed E-state index contributed by atoms with van der Waals surface area (Å²) in [5, 5.41) is 29.3. The Morgan fingerprint density at radius 2 is 1.89 bits per heavy atom. The molecule has 1 aromatic carbocycles. The Morgan fingerprint density at radius 3 is 2.57 bits per heavy atom. The second-order valence-corrected chi connectivity index (χ2v) is 13.1. The topological polar surface area (TPSA) is 198 Å². The highest BCUT2D eigenvalue weighted by Gasteiger charge is 2.46. The van der Waals surface area contributed by atoms with Crippen molar-refractivity contribution in [2.45, 2.75) is 31.1 Å². The summed E-state index contributed by atoms with van der Waals surface area (Å²) in [4.78, 5) is 26.6. The van der Waals surface area contributed by atoms with Crippen molar-refractivity contribution in [2.75, 3.05) is 24.9 Å². The number of aromatic nitrogens is 4. The molecule has 202 valence electrons. The Kier molecular flexibility index (Phi) is 8.59. The minimum Gasteiger partial charge on any atom is -0.387 e. The van der Waals surface area contributed by atoms with Gasteiger partial charge in [0.05, 0.1) is 18.2 Å². The van der Waals surface area contributed by atoms with Gasteiger partial charge in [0, 0.05) is 18.7 Å². The fourth-order valence-corrected chi connectivity index (χ4v) is 7.11. The molecule has 4 rings (SSSR count). The summed E-state index contributed by atoms with van der Waals surface area (Å²) < 4.78 is 40.4. The number of hydrogen-bond acceptors (Lipinski definition) is 11. The number of nitrogens with zero attached hydrogens (tertiary/aromatic N) is 4. The SMILES string of the molecule is COP(=O)(CP(=O)(O)O)OC[C@H]1O[C@@H](n2ncc3c(NCc4ccccc4Cl)nc(Cl)nc32)[C@H](O)[C@@H]1O. The summed E-state index contributed by atoms with van der Waals surface area (Å²) in [7, 11) is -7.96. The van der Waals surface area contributed by atoms with Gasteiger partial charge in [0.25, 0.3) is 0 Å². The van der Waals surface area contributed by atoms with E-state index in [0.717, 1.165) is 12.7 Å². The maximum Gasteiger partial charge on any atom is 0.342 e. The maximum atomic E-state index is 12.5. The van der Waals surface area contributed by atoms with E-state index in [-0.39, 0.29) is 10.9 Å². The van der Waals surface area contributed by atoms with E-state index in [1.54, 1.807) is 12.1 Å². The van der Waals surface area contributed by atoms with E-state index in [0.29, 0.717) is 22.8 Å². The molecule has 0 radical (unpaired) electrons. The van der Waals surface area contributed by atoms with Crippen molar-refractivity contribution in [1.82, 2.24) is 19.7 Å². The third-order valence-corrected chi connectivity index (χ3v) is 9.98. The maximum absolute atomic E-state index is 12.5. The summed E-state index contributed by atoms with van der Waals surface area (Å²) >= 11 is 12.3. The lowest BCUT2D eigenvalue weighted by molar-refractivity contribution is -0.0544. The van der Waals surface area contributed by atoms with Gasteiger partial charge < -0.3 is 39.1 Å². The molecule has 0 amide bonds. The van der Waals surface area contributed by atoms with Gasteiger partial charge in [0.15, 0.2) is 17.8 Å². The minimum atomic E-state index is -4.73. The van der Waals surface area contributed by atoms with Crippen LogP contribution >= 0.6 is 38.4 Å². The first-order chi connectivity index (χ1) is 17.4. The molecule has 3 heterocycles. The molecule has 1 saturated heterocycles. The molecule has 14 nitrogen and oxygen atoms in total. The van der Waals surface area contributed by atoms with Crippen LogP contribution in [0.5, 0.6) is 0 Å². The number of ether oxygens (including phenoxy) is 1. The molecule has 2 aromatic heterocycles. The zero-order valence-corrected chi connectivity index (χ0v) is 22.4. The molecule has 0 aliphatic carbocycles. The molecule has 37 heavy (non-hydrogen) atoms. The first-order valence-electron chi connectivity index (χ1n) is 10.6. The lowest BCUT2D eigenvalue weighted by atomic mass is 10.1. The Morgan fingerprint density at radius 1 is 1.16 bits per heavy atom. The minimum absolute atomic E-state index is 0.123. The number of rotatable bonds is 10. The lowest BCUT2D eigenvalue weighted by Gasteiger charge is -2.20. The van der Waals surface area contributed by atoms with E-state index < -0.39 is 52.2 Å². The average molecular weight is 598 g/mol. The second-order valence-electron chi connectivity index (χ2n) is 8.05. The lowest BCUT2D eigenvalue weighted by Crippen LogP contribution is -2.34. The summed E-state index contributed by atoms with van der Waals surface area (Å²) in [6, 6.07) is 7.24. The second kappa shape index (κ2) is 11.2. The average Bonchev–Trinajstić information content (AvgIpc) is 3.36. The van der Waals surface area contributed by atoms with Gasteiger partial charge in [-0.2, -0.15) is 15.1 Å². The number of fused-ring (bicyclic) bond motifs is 1. The fraction of sp³-hybridized carbons (Fsp3) is 0.421. The third-order valence-electron chi connectivity index (χ3n) is 5.48. The molecule has 3 aromatic rings. The highest BCUT2D eigenvalue weighted by molar-refractivity contribution is 7.70. The molecule has 1 fully saturated rings. The van der Waals surface area contributed by atoms with Gasteiger partial charge in [-0.3, -0.25) is 9.13 Å². The molecule has 5 N–H and O–H groups in total. The standard InChI is InChI=1S/C19H23Cl2N5O9P2/c1-33-37(32,9-36(29,30)31)34-8-13-14(27)15(28)18(35-13)26-17-11(7-23-26)16(24-19(21)25-17)22-6-10-4-2-3-5-12(10)20/h2-5,7,13-15,18,27-28H,6,8-9H2,1H3,(H,22,24,25)(H2,29,30,31)/t13-,14-,15-,18-,37?/m1/s1. The zero-order chi connectivity index (χ0) is 27.0. The Bertz CT molecular complexity index is 1370. The molecule has 0 bridgehead atoms. The van der Waals surface area contributed by atoms with Crippen molar-refractivity contribution in [3.63, 3.8) is 0 Å². The molecular weight excluding hydrogens is 575 g/mol. The fourth-order valence-electron chi connectivity index (χ4n) is 3.67. The number of aliphatic hydroxyl groups is 2. The summed E-state index contributed by atoms with van der Waals surface area (Å²) in [5.41, 5.74) is 0.996. The molecule has 1 unspecified atom stereocenters. The Labute approximate surface area is 220 Å². The van der Waals surface area contributed by atoms with Crippen molar-refractivity contribution >= 4 is 55.2 Å². The summed E-state index contributed by atoms with van der Waals surface area (Å²) in [5.74, 6) is -0.818. The molecule has 5 atom stereocenters. The van der Waals surface area contributed by atoms with Crippen LogP contribution in [0, 0.1) is 0 Å². The van der Waals surface area contributed by atoms with Gasteiger partial charge in [-0.05, 0) is 23.2 Å². The van der Waals surface area contributed by atoms with Crippen molar-refractivity contribution in [2.24, 2.45) is 0 Å².